The highest BCUT2D eigenvalue weighted by atomic mass is 16.5. The van der Waals surface area contributed by atoms with Crippen molar-refractivity contribution in [2.75, 3.05) is 0 Å². The molecule has 0 radical (unpaired) electrons. The highest BCUT2D eigenvalue weighted by molar-refractivity contribution is 6.21. The second kappa shape index (κ2) is 5.12. The molecule has 2 aromatic rings. The lowest BCUT2D eigenvalue weighted by molar-refractivity contribution is -0.148. The molecule has 4 nitrogen and oxygen atoms in total. The van der Waals surface area contributed by atoms with E-state index in [1.807, 2.05) is 25.1 Å². The van der Waals surface area contributed by atoms with E-state index < -0.39 is 22.7 Å². The van der Waals surface area contributed by atoms with E-state index in [2.05, 4.69) is 0 Å². The maximum absolute atomic E-state index is 13.4. The van der Waals surface area contributed by atoms with Gasteiger partial charge in [-0.05, 0) is 19.4 Å². The topological polar surface area (TPSA) is 60.4 Å². The van der Waals surface area contributed by atoms with Crippen LogP contribution in [0.4, 0.5) is 0 Å². The van der Waals surface area contributed by atoms with Gasteiger partial charge in [-0.1, -0.05) is 55.5 Å². The van der Waals surface area contributed by atoms with Crippen LogP contribution in [0.5, 0.6) is 5.75 Å². The largest absolute Gasteiger partial charge is 0.425 e. The van der Waals surface area contributed by atoms with Crippen molar-refractivity contribution in [1.29, 1.82) is 0 Å². The molecule has 0 spiro atoms. The van der Waals surface area contributed by atoms with Crippen molar-refractivity contribution in [3.05, 3.63) is 65.7 Å². The molecule has 126 valence electrons. The molecule has 1 heterocycles. The lowest BCUT2D eigenvalue weighted by atomic mass is 9.81. The summed E-state index contributed by atoms with van der Waals surface area (Å²) in [5.41, 5.74) is -1.21. The predicted octanol–water partition coefficient (Wildman–Crippen LogP) is 3.56. The summed E-state index contributed by atoms with van der Waals surface area (Å²) in [6.07, 6.45) is 0.397. The molecule has 4 heteroatoms. The molecular weight excluding hydrogens is 316 g/mol. The highest BCUT2D eigenvalue weighted by Gasteiger charge is 2.87. The van der Waals surface area contributed by atoms with Crippen LogP contribution in [-0.4, -0.2) is 17.5 Å². The molecule has 2 aliphatic rings. The molecule has 1 aliphatic heterocycles. The Hall–Kier alpha value is -2.75. The van der Waals surface area contributed by atoms with Gasteiger partial charge in [-0.15, -0.1) is 0 Å². The summed E-state index contributed by atoms with van der Waals surface area (Å²) in [5.74, 6) is -1.08. The van der Waals surface area contributed by atoms with Crippen molar-refractivity contribution < 1.29 is 19.1 Å². The maximum Gasteiger partial charge on any atom is 0.326 e. The van der Waals surface area contributed by atoms with Crippen molar-refractivity contribution in [3.63, 3.8) is 0 Å². The molecule has 0 aromatic heterocycles. The summed E-state index contributed by atoms with van der Waals surface area (Å²) >= 11 is 0. The minimum Gasteiger partial charge on any atom is -0.425 e. The van der Waals surface area contributed by atoms with Crippen LogP contribution in [0.2, 0.25) is 0 Å². The van der Waals surface area contributed by atoms with E-state index in [-0.39, 0.29) is 11.6 Å². The standard InChI is InChI=1S/C21H18O4/c1-3-20(18(23)14-9-5-4-6-10-14)17-15-11-7-8-12-16(15)25-19(24)21(17,20)13(2)22/h4-12,17H,3H2,1-2H3/t17-,20+,21-/m0/s1. The minimum atomic E-state index is -1.41. The first-order valence-electron chi connectivity index (χ1n) is 8.44. The van der Waals surface area contributed by atoms with Crippen LogP contribution in [0.1, 0.15) is 42.1 Å². The second-order valence-electron chi connectivity index (χ2n) is 6.74. The Morgan fingerprint density at radius 2 is 1.68 bits per heavy atom. The Bertz CT molecular complexity index is 901. The normalized spacial score (nSPS) is 29.2. The molecule has 25 heavy (non-hydrogen) atoms. The Kier molecular flexibility index (Phi) is 3.23. The van der Waals surface area contributed by atoms with Crippen molar-refractivity contribution in [2.45, 2.75) is 26.2 Å². The number of esters is 1. The quantitative estimate of drug-likeness (QED) is 0.371. The summed E-state index contributed by atoms with van der Waals surface area (Å²) in [6.45, 7) is 3.25. The van der Waals surface area contributed by atoms with Crippen LogP contribution in [0.25, 0.3) is 0 Å². The van der Waals surface area contributed by atoms with Gasteiger partial charge in [0.15, 0.2) is 5.78 Å². The average Bonchev–Trinajstić information content (AvgIpc) is 3.29. The molecule has 0 amide bonds. The van der Waals surface area contributed by atoms with Crippen molar-refractivity contribution in [2.24, 2.45) is 10.8 Å². The first-order chi connectivity index (χ1) is 12.0. The number of hydrogen-bond acceptors (Lipinski definition) is 4. The van der Waals surface area contributed by atoms with Gasteiger partial charge >= 0.3 is 5.97 Å². The third kappa shape index (κ3) is 1.69. The first-order valence-corrected chi connectivity index (χ1v) is 8.44. The Labute approximate surface area is 145 Å². The van der Waals surface area contributed by atoms with E-state index >= 15 is 0 Å². The first kappa shape index (κ1) is 15.8. The van der Waals surface area contributed by atoms with E-state index in [1.54, 1.807) is 36.4 Å². The van der Waals surface area contributed by atoms with Gasteiger partial charge in [-0.2, -0.15) is 0 Å². The highest BCUT2D eigenvalue weighted by Crippen LogP contribution is 2.80. The van der Waals surface area contributed by atoms with Gasteiger partial charge in [-0.3, -0.25) is 14.4 Å². The number of para-hydroxylation sites is 1. The molecule has 0 bridgehead atoms. The summed E-state index contributed by atoms with van der Waals surface area (Å²) in [5, 5.41) is 0. The minimum absolute atomic E-state index is 0.163. The van der Waals surface area contributed by atoms with Crippen LogP contribution >= 0.6 is 0 Å². The summed E-state index contributed by atoms with van der Waals surface area (Å²) in [4.78, 5) is 38.9. The average molecular weight is 334 g/mol. The Morgan fingerprint density at radius 3 is 2.32 bits per heavy atom. The maximum atomic E-state index is 13.4. The van der Waals surface area contributed by atoms with Crippen LogP contribution in [0.3, 0.4) is 0 Å². The lowest BCUT2D eigenvalue weighted by Gasteiger charge is -2.22. The monoisotopic (exact) mass is 334 g/mol. The van der Waals surface area contributed by atoms with Crippen molar-refractivity contribution >= 4 is 17.5 Å². The molecule has 0 saturated heterocycles. The number of carbonyl (C=O) groups is 3. The van der Waals surface area contributed by atoms with Gasteiger partial charge in [-0.25, -0.2) is 0 Å². The molecule has 1 aliphatic carbocycles. The zero-order chi connectivity index (χ0) is 17.8. The smallest absolute Gasteiger partial charge is 0.326 e. The molecule has 0 N–H and O–H groups in total. The third-order valence-corrected chi connectivity index (χ3v) is 5.85. The number of Topliss-reactive ketones (excluding diaryl/α,β-unsaturated/α-hetero) is 2. The fourth-order valence-corrected chi connectivity index (χ4v) is 4.79. The fourth-order valence-electron chi connectivity index (χ4n) is 4.79. The van der Waals surface area contributed by atoms with Crippen LogP contribution in [0, 0.1) is 10.8 Å². The molecule has 0 unspecified atom stereocenters. The third-order valence-electron chi connectivity index (χ3n) is 5.85. The number of rotatable bonds is 4. The molecule has 4 rings (SSSR count). The predicted molar refractivity (Wildman–Crippen MR) is 91.4 cm³/mol. The number of hydrogen-bond donors (Lipinski definition) is 0. The lowest BCUT2D eigenvalue weighted by Crippen LogP contribution is -2.38. The SMILES string of the molecule is CC[C@]1(C(=O)c2ccccc2)[C@@H]2c3ccccc3OC(=O)[C@]21C(C)=O. The molecule has 2 aromatic carbocycles. The van der Waals surface area contributed by atoms with Crippen LogP contribution in [0.15, 0.2) is 54.6 Å². The van der Waals surface area contributed by atoms with Gasteiger partial charge in [0.1, 0.15) is 16.9 Å². The van der Waals surface area contributed by atoms with Crippen molar-refractivity contribution in [3.8, 4) is 5.75 Å². The van der Waals surface area contributed by atoms with E-state index in [1.165, 1.54) is 6.92 Å². The van der Waals surface area contributed by atoms with Gasteiger partial charge in [0, 0.05) is 17.0 Å². The van der Waals surface area contributed by atoms with Crippen LogP contribution < -0.4 is 4.74 Å². The molecule has 1 fully saturated rings. The van der Waals surface area contributed by atoms with Gasteiger partial charge in [0.05, 0.1) is 5.41 Å². The van der Waals surface area contributed by atoms with Gasteiger partial charge < -0.3 is 4.74 Å². The summed E-state index contributed by atoms with van der Waals surface area (Å²) in [6, 6.07) is 16.0. The summed E-state index contributed by atoms with van der Waals surface area (Å²) in [7, 11) is 0. The molecule has 1 saturated carbocycles. The number of carbonyl (C=O) groups excluding carboxylic acids is 3. The fraction of sp³-hybridized carbons (Fsp3) is 0.286. The summed E-state index contributed by atoms with van der Waals surface area (Å²) < 4.78 is 5.48. The number of fused-ring (bicyclic) bond motifs is 3. The van der Waals surface area contributed by atoms with E-state index in [9.17, 15) is 14.4 Å². The molecule has 3 atom stereocenters. The second-order valence-corrected chi connectivity index (χ2v) is 6.74. The van der Waals surface area contributed by atoms with Crippen molar-refractivity contribution in [1.82, 2.24) is 0 Å². The van der Waals surface area contributed by atoms with Crippen LogP contribution in [-0.2, 0) is 9.59 Å². The van der Waals surface area contributed by atoms with Gasteiger partial charge in [0.25, 0.3) is 0 Å². The molecular formula is C21H18O4. The Morgan fingerprint density at radius 1 is 1.04 bits per heavy atom. The number of ether oxygens (including phenoxy) is 1. The van der Waals surface area contributed by atoms with E-state index in [0.29, 0.717) is 17.7 Å². The van der Waals surface area contributed by atoms with Gasteiger partial charge in [0.2, 0.25) is 0 Å². The number of ketones is 2. The zero-order valence-corrected chi connectivity index (χ0v) is 14.1. The van der Waals surface area contributed by atoms with E-state index in [0.717, 1.165) is 5.56 Å². The zero-order valence-electron chi connectivity index (χ0n) is 14.1. The van der Waals surface area contributed by atoms with E-state index in [4.69, 9.17) is 4.74 Å². The number of benzene rings is 2. The Balaban J connectivity index is 1.96.